The molecule has 1 atom stereocenters. The van der Waals surface area contributed by atoms with Gasteiger partial charge in [-0.2, -0.15) is 0 Å². The van der Waals surface area contributed by atoms with Crippen LogP contribution in [0.5, 0.6) is 0 Å². The minimum absolute atomic E-state index is 0.0709. The SMILES string of the molecule is CCCC1(C(=O)N(CC2CC2)CC2CC2)CCNC1. The lowest BCUT2D eigenvalue weighted by atomic mass is 9.81. The molecule has 1 heterocycles. The Labute approximate surface area is 117 Å². The molecule has 0 radical (unpaired) electrons. The molecule has 1 amide bonds. The van der Waals surface area contributed by atoms with Gasteiger partial charge in [-0.1, -0.05) is 13.3 Å². The lowest BCUT2D eigenvalue weighted by molar-refractivity contribution is -0.142. The summed E-state index contributed by atoms with van der Waals surface area (Å²) in [4.78, 5) is 15.3. The maximum absolute atomic E-state index is 13.1. The summed E-state index contributed by atoms with van der Waals surface area (Å²) in [5.74, 6) is 2.10. The number of nitrogens with zero attached hydrogens (tertiary/aromatic N) is 1. The van der Waals surface area contributed by atoms with Gasteiger partial charge in [0, 0.05) is 19.6 Å². The fourth-order valence-corrected chi connectivity index (χ4v) is 3.53. The van der Waals surface area contributed by atoms with Gasteiger partial charge < -0.3 is 10.2 Å². The fraction of sp³-hybridized carbons (Fsp3) is 0.938. The molecule has 0 aromatic rings. The number of amides is 1. The van der Waals surface area contributed by atoms with Crippen molar-refractivity contribution in [3.63, 3.8) is 0 Å². The van der Waals surface area contributed by atoms with Gasteiger partial charge in [0.05, 0.1) is 5.41 Å². The van der Waals surface area contributed by atoms with Gasteiger partial charge in [-0.05, 0) is 56.9 Å². The predicted octanol–water partition coefficient (Wildman–Crippen LogP) is 2.41. The number of hydrogen-bond donors (Lipinski definition) is 1. The molecule has 3 aliphatic rings. The summed E-state index contributed by atoms with van der Waals surface area (Å²) in [6.07, 6.45) is 8.59. The summed E-state index contributed by atoms with van der Waals surface area (Å²) in [5, 5.41) is 3.42. The zero-order valence-electron chi connectivity index (χ0n) is 12.3. The van der Waals surface area contributed by atoms with Gasteiger partial charge in [-0.25, -0.2) is 0 Å². The van der Waals surface area contributed by atoms with E-state index in [4.69, 9.17) is 0 Å². The maximum Gasteiger partial charge on any atom is 0.230 e. The van der Waals surface area contributed by atoms with E-state index in [1.807, 2.05) is 0 Å². The van der Waals surface area contributed by atoms with E-state index in [1.165, 1.54) is 25.7 Å². The third-order valence-electron chi connectivity index (χ3n) is 5.06. The Kier molecular flexibility index (Phi) is 3.84. The number of hydrogen-bond acceptors (Lipinski definition) is 2. The zero-order valence-corrected chi connectivity index (χ0v) is 12.3. The fourth-order valence-electron chi connectivity index (χ4n) is 3.53. The van der Waals surface area contributed by atoms with Crippen LogP contribution in [0.3, 0.4) is 0 Å². The molecule has 1 unspecified atom stereocenters. The Morgan fingerprint density at radius 3 is 2.26 bits per heavy atom. The molecule has 108 valence electrons. The molecule has 0 bridgehead atoms. The lowest BCUT2D eigenvalue weighted by Gasteiger charge is -2.34. The molecule has 0 aromatic heterocycles. The van der Waals surface area contributed by atoms with Gasteiger partial charge in [-0.15, -0.1) is 0 Å². The van der Waals surface area contributed by atoms with E-state index in [9.17, 15) is 4.79 Å². The summed E-state index contributed by atoms with van der Waals surface area (Å²) in [6.45, 7) is 6.22. The second-order valence-corrected chi connectivity index (χ2v) is 7.05. The highest BCUT2D eigenvalue weighted by Gasteiger charge is 2.44. The monoisotopic (exact) mass is 264 g/mol. The van der Waals surface area contributed by atoms with Crippen LogP contribution < -0.4 is 5.32 Å². The van der Waals surface area contributed by atoms with Crippen LogP contribution in [-0.2, 0) is 4.79 Å². The van der Waals surface area contributed by atoms with Crippen molar-refractivity contribution in [3.05, 3.63) is 0 Å². The lowest BCUT2D eigenvalue weighted by Crippen LogP contribution is -2.47. The number of carbonyl (C=O) groups excluding carboxylic acids is 1. The van der Waals surface area contributed by atoms with Crippen molar-refractivity contribution >= 4 is 5.91 Å². The molecular formula is C16H28N2O. The molecule has 3 nitrogen and oxygen atoms in total. The van der Waals surface area contributed by atoms with Gasteiger partial charge in [0.25, 0.3) is 0 Å². The Hall–Kier alpha value is -0.570. The Balaban J connectivity index is 1.68. The average molecular weight is 264 g/mol. The van der Waals surface area contributed by atoms with Gasteiger partial charge >= 0.3 is 0 Å². The highest BCUT2D eigenvalue weighted by atomic mass is 16.2. The van der Waals surface area contributed by atoms with Crippen molar-refractivity contribution in [3.8, 4) is 0 Å². The quantitative estimate of drug-likeness (QED) is 0.766. The van der Waals surface area contributed by atoms with Crippen LogP contribution in [0.4, 0.5) is 0 Å². The minimum atomic E-state index is -0.0709. The number of nitrogens with one attached hydrogen (secondary N) is 1. The van der Waals surface area contributed by atoms with Crippen molar-refractivity contribution in [2.75, 3.05) is 26.2 Å². The van der Waals surface area contributed by atoms with E-state index >= 15 is 0 Å². The average Bonchev–Trinajstić information content (AvgIpc) is 3.32. The molecule has 1 N–H and O–H groups in total. The van der Waals surface area contributed by atoms with E-state index in [1.54, 1.807) is 0 Å². The second kappa shape index (κ2) is 5.43. The van der Waals surface area contributed by atoms with Crippen LogP contribution in [0, 0.1) is 17.3 Å². The molecule has 1 saturated heterocycles. The summed E-state index contributed by atoms with van der Waals surface area (Å²) in [5.41, 5.74) is -0.0709. The first kappa shape index (κ1) is 13.4. The highest BCUT2D eigenvalue weighted by Crippen LogP contribution is 2.38. The van der Waals surface area contributed by atoms with Crippen molar-refractivity contribution in [1.82, 2.24) is 10.2 Å². The molecule has 2 aliphatic carbocycles. The largest absolute Gasteiger partial charge is 0.342 e. The van der Waals surface area contributed by atoms with E-state index in [0.717, 1.165) is 57.3 Å². The van der Waals surface area contributed by atoms with Crippen LogP contribution >= 0.6 is 0 Å². The molecule has 1 aliphatic heterocycles. The first-order chi connectivity index (χ1) is 9.23. The third-order valence-corrected chi connectivity index (χ3v) is 5.06. The molecule has 0 aromatic carbocycles. The Morgan fingerprint density at radius 1 is 1.21 bits per heavy atom. The van der Waals surface area contributed by atoms with Gasteiger partial charge in [0.2, 0.25) is 5.91 Å². The van der Waals surface area contributed by atoms with Crippen molar-refractivity contribution in [2.24, 2.45) is 17.3 Å². The van der Waals surface area contributed by atoms with Crippen LogP contribution in [0.25, 0.3) is 0 Å². The predicted molar refractivity (Wildman–Crippen MR) is 76.9 cm³/mol. The summed E-state index contributed by atoms with van der Waals surface area (Å²) in [7, 11) is 0. The first-order valence-corrected chi connectivity index (χ1v) is 8.23. The van der Waals surface area contributed by atoms with Crippen LogP contribution in [0.1, 0.15) is 51.9 Å². The topological polar surface area (TPSA) is 32.3 Å². The molecule has 3 heteroatoms. The summed E-state index contributed by atoms with van der Waals surface area (Å²) in [6, 6.07) is 0. The van der Waals surface area contributed by atoms with E-state index in [0.29, 0.717) is 5.91 Å². The van der Waals surface area contributed by atoms with Crippen molar-refractivity contribution < 1.29 is 4.79 Å². The Bertz CT molecular complexity index is 314. The van der Waals surface area contributed by atoms with Gasteiger partial charge in [0.1, 0.15) is 0 Å². The number of carbonyl (C=O) groups is 1. The zero-order chi connectivity index (χ0) is 13.3. The summed E-state index contributed by atoms with van der Waals surface area (Å²) < 4.78 is 0. The normalized spacial score (nSPS) is 30.6. The van der Waals surface area contributed by atoms with Crippen molar-refractivity contribution in [1.29, 1.82) is 0 Å². The first-order valence-electron chi connectivity index (χ1n) is 8.23. The molecule has 3 fully saturated rings. The third kappa shape index (κ3) is 3.13. The van der Waals surface area contributed by atoms with Gasteiger partial charge in [0.15, 0.2) is 0 Å². The molecule has 19 heavy (non-hydrogen) atoms. The van der Waals surface area contributed by atoms with Crippen LogP contribution in [0.2, 0.25) is 0 Å². The molecule has 0 spiro atoms. The van der Waals surface area contributed by atoms with E-state index in [2.05, 4.69) is 17.1 Å². The molecular weight excluding hydrogens is 236 g/mol. The molecule has 2 saturated carbocycles. The van der Waals surface area contributed by atoms with Gasteiger partial charge in [-0.3, -0.25) is 4.79 Å². The Morgan fingerprint density at radius 2 is 1.84 bits per heavy atom. The number of rotatable bonds is 7. The van der Waals surface area contributed by atoms with Crippen LogP contribution in [-0.4, -0.2) is 37.0 Å². The summed E-state index contributed by atoms with van der Waals surface area (Å²) >= 11 is 0. The smallest absolute Gasteiger partial charge is 0.230 e. The highest BCUT2D eigenvalue weighted by molar-refractivity contribution is 5.83. The van der Waals surface area contributed by atoms with E-state index < -0.39 is 0 Å². The van der Waals surface area contributed by atoms with Crippen molar-refractivity contribution in [2.45, 2.75) is 51.9 Å². The minimum Gasteiger partial charge on any atom is -0.342 e. The standard InChI is InChI=1S/C16H28N2O/c1-2-7-16(8-9-17-12-16)15(19)18(10-13-3-4-13)11-14-5-6-14/h13-14,17H,2-12H2,1H3. The second-order valence-electron chi connectivity index (χ2n) is 7.05. The van der Waals surface area contributed by atoms with Crippen LogP contribution in [0.15, 0.2) is 0 Å². The molecule has 3 rings (SSSR count). The maximum atomic E-state index is 13.1. The van der Waals surface area contributed by atoms with E-state index in [-0.39, 0.29) is 5.41 Å².